The molecule has 1 aromatic rings. The molecule has 0 aliphatic rings. The summed E-state index contributed by atoms with van der Waals surface area (Å²) < 4.78 is 2.08. The third kappa shape index (κ3) is 3.34. The van der Waals surface area contributed by atoms with Gasteiger partial charge in [0, 0.05) is 17.6 Å². The van der Waals surface area contributed by atoms with Gasteiger partial charge in [-0.05, 0) is 37.7 Å². The molecule has 0 aliphatic carbocycles. The van der Waals surface area contributed by atoms with Gasteiger partial charge in [0.25, 0.3) is 0 Å². The Kier molecular flexibility index (Phi) is 5.03. The lowest BCUT2D eigenvalue weighted by molar-refractivity contribution is 0.353. The molecule has 0 radical (unpaired) electrons. The van der Waals surface area contributed by atoms with Crippen molar-refractivity contribution in [3.63, 3.8) is 0 Å². The van der Waals surface area contributed by atoms with Crippen LogP contribution in [0.2, 0.25) is 0 Å². The molecule has 2 atom stereocenters. The molecule has 92 valence electrons. The second-order valence-corrected chi connectivity index (χ2v) is 5.58. The first kappa shape index (κ1) is 13.8. The summed E-state index contributed by atoms with van der Waals surface area (Å²) in [4.78, 5) is 0. The van der Waals surface area contributed by atoms with Crippen molar-refractivity contribution in [2.75, 3.05) is 5.33 Å². The summed E-state index contributed by atoms with van der Waals surface area (Å²) in [5, 5.41) is 5.69. The molecular weight excluding hydrogens is 264 g/mol. The van der Waals surface area contributed by atoms with Crippen LogP contribution in [0.15, 0.2) is 12.3 Å². The Balaban J connectivity index is 2.71. The standard InChI is InChI=1S/C13H23BrN2/c1-5-11(3)16-8-7-12(15-16)9-13(4,6-2)10-14/h7-8,11H,5-6,9-10H2,1-4H3. The first-order valence-electron chi connectivity index (χ1n) is 6.14. The van der Waals surface area contributed by atoms with Gasteiger partial charge in [-0.25, -0.2) is 0 Å². The molecular formula is C13H23BrN2. The smallest absolute Gasteiger partial charge is 0.0630 e. The molecule has 0 bridgehead atoms. The minimum absolute atomic E-state index is 0.328. The van der Waals surface area contributed by atoms with Gasteiger partial charge >= 0.3 is 0 Å². The minimum Gasteiger partial charge on any atom is -0.270 e. The number of halogens is 1. The van der Waals surface area contributed by atoms with Gasteiger partial charge in [0.15, 0.2) is 0 Å². The summed E-state index contributed by atoms with van der Waals surface area (Å²) >= 11 is 3.60. The van der Waals surface area contributed by atoms with Gasteiger partial charge in [0.2, 0.25) is 0 Å². The highest BCUT2D eigenvalue weighted by Gasteiger charge is 2.22. The van der Waals surface area contributed by atoms with Crippen LogP contribution in [-0.4, -0.2) is 15.1 Å². The summed E-state index contributed by atoms with van der Waals surface area (Å²) in [5.41, 5.74) is 1.54. The second-order valence-electron chi connectivity index (χ2n) is 5.02. The van der Waals surface area contributed by atoms with Crippen molar-refractivity contribution in [3.05, 3.63) is 18.0 Å². The maximum Gasteiger partial charge on any atom is 0.0630 e. The highest BCUT2D eigenvalue weighted by Crippen LogP contribution is 2.28. The van der Waals surface area contributed by atoms with Crippen molar-refractivity contribution in [1.29, 1.82) is 0 Å². The lowest BCUT2D eigenvalue weighted by Crippen LogP contribution is -2.20. The Morgan fingerprint density at radius 2 is 2.19 bits per heavy atom. The minimum atomic E-state index is 0.328. The monoisotopic (exact) mass is 286 g/mol. The van der Waals surface area contributed by atoms with Gasteiger partial charge in [-0.2, -0.15) is 5.10 Å². The Morgan fingerprint density at radius 3 is 2.69 bits per heavy atom. The Hall–Kier alpha value is -0.310. The van der Waals surface area contributed by atoms with E-state index in [0.717, 1.165) is 18.2 Å². The summed E-state index contributed by atoms with van der Waals surface area (Å²) in [6, 6.07) is 2.66. The van der Waals surface area contributed by atoms with Crippen LogP contribution in [0.1, 0.15) is 52.3 Å². The van der Waals surface area contributed by atoms with Gasteiger partial charge in [-0.15, -0.1) is 0 Å². The molecule has 0 saturated heterocycles. The first-order valence-corrected chi connectivity index (χ1v) is 7.26. The molecule has 2 unspecified atom stereocenters. The van der Waals surface area contributed by atoms with E-state index in [0.29, 0.717) is 11.5 Å². The number of nitrogens with zero attached hydrogens (tertiary/aromatic N) is 2. The molecule has 0 aromatic carbocycles. The zero-order valence-electron chi connectivity index (χ0n) is 10.8. The SMILES string of the molecule is CCC(C)n1ccc(CC(C)(CC)CBr)n1. The van der Waals surface area contributed by atoms with Crippen LogP contribution in [0.3, 0.4) is 0 Å². The maximum absolute atomic E-state index is 4.66. The van der Waals surface area contributed by atoms with E-state index >= 15 is 0 Å². The Bertz CT molecular complexity index is 315. The normalized spacial score (nSPS) is 17.1. The fourth-order valence-corrected chi connectivity index (χ4v) is 2.20. The molecule has 0 amide bonds. The Morgan fingerprint density at radius 1 is 1.50 bits per heavy atom. The van der Waals surface area contributed by atoms with Crippen LogP contribution in [-0.2, 0) is 6.42 Å². The molecule has 2 nitrogen and oxygen atoms in total. The molecule has 0 spiro atoms. The van der Waals surface area contributed by atoms with Crippen molar-refractivity contribution in [2.45, 2.75) is 53.0 Å². The van der Waals surface area contributed by atoms with E-state index in [1.807, 2.05) is 0 Å². The molecule has 0 aliphatic heterocycles. The van der Waals surface area contributed by atoms with Crippen LogP contribution in [0.4, 0.5) is 0 Å². The molecule has 1 heterocycles. The van der Waals surface area contributed by atoms with Crippen LogP contribution in [0.25, 0.3) is 0 Å². The number of hydrogen-bond donors (Lipinski definition) is 0. The fourth-order valence-electron chi connectivity index (χ4n) is 1.61. The van der Waals surface area contributed by atoms with Crippen LogP contribution < -0.4 is 0 Å². The molecule has 0 fully saturated rings. The predicted molar refractivity (Wildman–Crippen MR) is 73.1 cm³/mol. The van der Waals surface area contributed by atoms with Gasteiger partial charge < -0.3 is 0 Å². The highest BCUT2D eigenvalue weighted by atomic mass is 79.9. The number of hydrogen-bond acceptors (Lipinski definition) is 1. The van der Waals surface area contributed by atoms with E-state index < -0.39 is 0 Å². The lowest BCUT2D eigenvalue weighted by atomic mass is 9.85. The maximum atomic E-state index is 4.66. The summed E-state index contributed by atoms with van der Waals surface area (Å²) in [6.07, 6.45) is 5.46. The van der Waals surface area contributed by atoms with Crippen molar-refractivity contribution in [3.8, 4) is 0 Å². The zero-order valence-corrected chi connectivity index (χ0v) is 12.4. The van der Waals surface area contributed by atoms with E-state index in [-0.39, 0.29) is 0 Å². The zero-order chi connectivity index (χ0) is 12.2. The van der Waals surface area contributed by atoms with E-state index in [9.17, 15) is 0 Å². The summed E-state index contributed by atoms with van der Waals surface area (Å²) in [6.45, 7) is 8.96. The van der Waals surface area contributed by atoms with Crippen molar-refractivity contribution >= 4 is 15.9 Å². The van der Waals surface area contributed by atoms with Gasteiger partial charge in [-0.3, -0.25) is 4.68 Å². The largest absolute Gasteiger partial charge is 0.270 e. The number of rotatable bonds is 6. The topological polar surface area (TPSA) is 17.8 Å². The number of alkyl halides is 1. The van der Waals surface area contributed by atoms with Crippen LogP contribution >= 0.6 is 15.9 Å². The molecule has 0 saturated carbocycles. The third-order valence-corrected chi connectivity index (χ3v) is 4.84. The fraction of sp³-hybridized carbons (Fsp3) is 0.769. The average molecular weight is 287 g/mol. The van der Waals surface area contributed by atoms with E-state index in [4.69, 9.17) is 0 Å². The molecule has 3 heteroatoms. The van der Waals surface area contributed by atoms with Crippen LogP contribution in [0.5, 0.6) is 0 Å². The second kappa shape index (κ2) is 5.85. The van der Waals surface area contributed by atoms with Crippen molar-refractivity contribution < 1.29 is 0 Å². The lowest BCUT2D eigenvalue weighted by Gasteiger charge is -2.24. The van der Waals surface area contributed by atoms with E-state index in [2.05, 4.69) is 65.7 Å². The van der Waals surface area contributed by atoms with Crippen molar-refractivity contribution in [1.82, 2.24) is 9.78 Å². The molecule has 16 heavy (non-hydrogen) atoms. The summed E-state index contributed by atoms with van der Waals surface area (Å²) in [7, 11) is 0. The van der Waals surface area contributed by atoms with Gasteiger partial charge in [0.1, 0.15) is 0 Å². The van der Waals surface area contributed by atoms with Gasteiger partial charge in [0.05, 0.1) is 5.69 Å². The van der Waals surface area contributed by atoms with Crippen LogP contribution in [0, 0.1) is 5.41 Å². The predicted octanol–water partition coefficient (Wildman–Crippen LogP) is 4.21. The summed E-state index contributed by atoms with van der Waals surface area (Å²) in [5.74, 6) is 0. The quantitative estimate of drug-likeness (QED) is 0.717. The molecule has 1 rings (SSSR count). The average Bonchev–Trinajstić information content (AvgIpc) is 2.76. The van der Waals surface area contributed by atoms with Gasteiger partial charge in [-0.1, -0.05) is 36.7 Å². The third-order valence-electron chi connectivity index (χ3n) is 3.49. The molecule has 0 N–H and O–H groups in total. The Labute approximate surface area is 108 Å². The molecule has 1 aromatic heterocycles. The van der Waals surface area contributed by atoms with E-state index in [1.165, 1.54) is 12.1 Å². The van der Waals surface area contributed by atoms with Crippen molar-refractivity contribution in [2.24, 2.45) is 5.41 Å². The van der Waals surface area contributed by atoms with E-state index in [1.54, 1.807) is 0 Å². The first-order chi connectivity index (χ1) is 7.54. The highest BCUT2D eigenvalue weighted by molar-refractivity contribution is 9.09. The number of aromatic nitrogens is 2.